The Hall–Kier alpha value is -1.55. The van der Waals surface area contributed by atoms with Crippen LogP contribution < -0.4 is 4.74 Å². The van der Waals surface area contributed by atoms with Gasteiger partial charge in [-0.1, -0.05) is 0 Å². The molecule has 2 aliphatic heterocycles. The summed E-state index contributed by atoms with van der Waals surface area (Å²) in [5, 5.41) is 8.91. The highest BCUT2D eigenvalue weighted by Crippen LogP contribution is 2.53. The fourth-order valence-electron chi connectivity index (χ4n) is 2.22. The van der Waals surface area contributed by atoms with Gasteiger partial charge in [0.25, 0.3) is 0 Å². The number of epoxide rings is 1. The molecular weight excluding hydrogens is 208 g/mol. The van der Waals surface area contributed by atoms with Crippen LogP contribution in [-0.4, -0.2) is 22.8 Å². The third-order valence-corrected chi connectivity index (χ3v) is 3.11. The predicted octanol–water partition coefficient (Wildman–Crippen LogP) is 2.00. The minimum Gasteiger partial charge on any atom is -0.485 e. The summed E-state index contributed by atoms with van der Waals surface area (Å²) >= 11 is 0. The highest BCUT2D eigenvalue weighted by molar-refractivity contribution is 5.88. The number of carboxylic acid groups (broad SMARTS) is 1. The van der Waals surface area contributed by atoms with Gasteiger partial charge in [-0.25, -0.2) is 4.79 Å². The molecule has 2 aliphatic rings. The van der Waals surface area contributed by atoms with Crippen LogP contribution in [0.5, 0.6) is 5.75 Å². The number of benzene rings is 1. The first kappa shape index (κ1) is 9.66. The van der Waals surface area contributed by atoms with E-state index in [2.05, 4.69) is 0 Å². The molecule has 0 radical (unpaired) electrons. The molecule has 1 aromatic rings. The van der Waals surface area contributed by atoms with E-state index in [1.165, 1.54) is 0 Å². The smallest absolute Gasteiger partial charge is 0.335 e. The van der Waals surface area contributed by atoms with E-state index in [4.69, 9.17) is 14.6 Å². The summed E-state index contributed by atoms with van der Waals surface area (Å²) in [7, 11) is 0. The standard InChI is InChI=1S/C12H12O4/c1-12(2)10-9(15-10)7-5-6(11(13)14)3-4-8(7)16-12/h3-5,9-10H,1-2H3,(H,13,14). The number of aromatic carboxylic acids is 1. The van der Waals surface area contributed by atoms with Crippen molar-refractivity contribution in [1.29, 1.82) is 0 Å². The van der Waals surface area contributed by atoms with E-state index in [1.54, 1.807) is 18.2 Å². The van der Waals surface area contributed by atoms with Gasteiger partial charge in [-0.15, -0.1) is 0 Å². The molecular formula is C12H12O4. The monoisotopic (exact) mass is 220 g/mol. The van der Waals surface area contributed by atoms with Crippen LogP contribution in [0.2, 0.25) is 0 Å². The molecule has 0 saturated carbocycles. The lowest BCUT2D eigenvalue weighted by atomic mass is 9.93. The molecule has 1 fully saturated rings. The van der Waals surface area contributed by atoms with Gasteiger partial charge < -0.3 is 14.6 Å². The van der Waals surface area contributed by atoms with Crippen LogP contribution in [0, 0.1) is 0 Å². The van der Waals surface area contributed by atoms with Crippen molar-refractivity contribution in [2.45, 2.75) is 31.7 Å². The van der Waals surface area contributed by atoms with Crippen molar-refractivity contribution in [1.82, 2.24) is 0 Å². The number of rotatable bonds is 1. The van der Waals surface area contributed by atoms with Crippen molar-refractivity contribution in [3.8, 4) is 5.75 Å². The third-order valence-electron chi connectivity index (χ3n) is 3.11. The molecule has 0 amide bonds. The average Bonchev–Trinajstić information content (AvgIpc) is 2.97. The maximum Gasteiger partial charge on any atom is 0.335 e. The fraction of sp³-hybridized carbons (Fsp3) is 0.417. The highest BCUT2D eigenvalue weighted by atomic mass is 16.6. The van der Waals surface area contributed by atoms with E-state index < -0.39 is 5.97 Å². The van der Waals surface area contributed by atoms with Gasteiger partial charge in [-0.2, -0.15) is 0 Å². The Morgan fingerprint density at radius 2 is 2.19 bits per heavy atom. The molecule has 0 bridgehead atoms. The number of hydrogen-bond donors (Lipinski definition) is 1. The molecule has 4 heteroatoms. The molecule has 1 aromatic carbocycles. The van der Waals surface area contributed by atoms with Crippen LogP contribution in [-0.2, 0) is 4.74 Å². The second-order valence-electron chi connectivity index (χ2n) is 4.74. The molecule has 2 atom stereocenters. The topological polar surface area (TPSA) is 59.1 Å². The van der Waals surface area contributed by atoms with Crippen LogP contribution in [0.15, 0.2) is 18.2 Å². The Labute approximate surface area is 92.8 Å². The van der Waals surface area contributed by atoms with Gasteiger partial charge in [-0.05, 0) is 32.0 Å². The Morgan fingerprint density at radius 3 is 2.88 bits per heavy atom. The Morgan fingerprint density at radius 1 is 1.44 bits per heavy atom. The first-order valence-corrected chi connectivity index (χ1v) is 5.21. The zero-order chi connectivity index (χ0) is 11.5. The number of ether oxygens (including phenoxy) is 2. The summed E-state index contributed by atoms with van der Waals surface area (Å²) < 4.78 is 11.3. The van der Waals surface area contributed by atoms with Crippen molar-refractivity contribution in [3.05, 3.63) is 29.3 Å². The van der Waals surface area contributed by atoms with Crippen molar-refractivity contribution in [2.24, 2.45) is 0 Å². The number of carbonyl (C=O) groups is 1. The minimum atomic E-state index is -0.926. The fourth-order valence-corrected chi connectivity index (χ4v) is 2.22. The van der Waals surface area contributed by atoms with Gasteiger partial charge in [0.05, 0.1) is 5.56 Å². The zero-order valence-corrected chi connectivity index (χ0v) is 9.06. The summed E-state index contributed by atoms with van der Waals surface area (Å²) in [6, 6.07) is 4.90. The largest absolute Gasteiger partial charge is 0.485 e. The Kier molecular flexibility index (Phi) is 1.67. The lowest BCUT2D eigenvalue weighted by molar-refractivity contribution is 0.0693. The summed E-state index contributed by atoms with van der Waals surface area (Å²) in [4.78, 5) is 10.9. The second-order valence-corrected chi connectivity index (χ2v) is 4.74. The van der Waals surface area contributed by atoms with Crippen LogP contribution >= 0.6 is 0 Å². The van der Waals surface area contributed by atoms with E-state index in [1.807, 2.05) is 13.8 Å². The van der Waals surface area contributed by atoms with E-state index >= 15 is 0 Å². The van der Waals surface area contributed by atoms with Crippen molar-refractivity contribution in [2.75, 3.05) is 0 Å². The molecule has 1 N–H and O–H groups in total. The lowest BCUT2D eigenvalue weighted by Gasteiger charge is -2.29. The highest BCUT2D eigenvalue weighted by Gasteiger charge is 2.56. The van der Waals surface area contributed by atoms with E-state index in [9.17, 15) is 4.79 Å². The van der Waals surface area contributed by atoms with Gasteiger partial charge in [0, 0.05) is 5.56 Å². The quantitative estimate of drug-likeness (QED) is 0.735. The maximum atomic E-state index is 10.9. The molecule has 2 heterocycles. The SMILES string of the molecule is CC1(C)Oc2ccc(C(=O)O)cc2C2OC21. The van der Waals surface area contributed by atoms with Gasteiger partial charge in [0.2, 0.25) is 0 Å². The van der Waals surface area contributed by atoms with Crippen molar-refractivity contribution in [3.63, 3.8) is 0 Å². The van der Waals surface area contributed by atoms with Crippen LogP contribution in [0.3, 0.4) is 0 Å². The maximum absolute atomic E-state index is 10.9. The summed E-state index contributed by atoms with van der Waals surface area (Å²) in [6.07, 6.45) is 0.0436. The van der Waals surface area contributed by atoms with Gasteiger partial charge in [-0.3, -0.25) is 0 Å². The van der Waals surface area contributed by atoms with E-state index in [0.717, 1.165) is 11.3 Å². The van der Waals surface area contributed by atoms with Gasteiger partial charge in [0.15, 0.2) is 0 Å². The normalized spacial score (nSPS) is 28.6. The molecule has 1 saturated heterocycles. The third kappa shape index (κ3) is 1.23. The molecule has 3 rings (SSSR count). The summed E-state index contributed by atoms with van der Waals surface area (Å²) in [5.74, 6) is -0.196. The van der Waals surface area contributed by atoms with E-state index in [-0.39, 0.29) is 23.4 Å². The Bertz CT molecular complexity index is 478. The molecule has 4 nitrogen and oxygen atoms in total. The van der Waals surface area contributed by atoms with Crippen molar-refractivity contribution < 1.29 is 19.4 Å². The number of carboxylic acids is 1. The number of hydrogen-bond acceptors (Lipinski definition) is 3. The number of fused-ring (bicyclic) bond motifs is 3. The average molecular weight is 220 g/mol. The zero-order valence-electron chi connectivity index (χ0n) is 9.06. The lowest BCUT2D eigenvalue weighted by Crippen LogP contribution is -2.37. The van der Waals surface area contributed by atoms with Gasteiger partial charge in [0.1, 0.15) is 23.6 Å². The minimum absolute atomic E-state index is 0.00181. The molecule has 84 valence electrons. The predicted molar refractivity (Wildman–Crippen MR) is 55.7 cm³/mol. The first-order valence-electron chi connectivity index (χ1n) is 5.21. The molecule has 2 unspecified atom stereocenters. The van der Waals surface area contributed by atoms with Crippen molar-refractivity contribution >= 4 is 5.97 Å². The Balaban J connectivity index is 2.06. The molecule has 0 spiro atoms. The van der Waals surface area contributed by atoms with E-state index in [0.29, 0.717) is 0 Å². The van der Waals surface area contributed by atoms with Crippen LogP contribution in [0.1, 0.15) is 35.9 Å². The van der Waals surface area contributed by atoms with Crippen LogP contribution in [0.4, 0.5) is 0 Å². The summed E-state index contributed by atoms with van der Waals surface area (Å²) in [5.41, 5.74) is 0.795. The molecule has 16 heavy (non-hydrogen) atoms. The second kappa shape index (κ2) is 2.77. The summed E-state index contributed by atoms with van der Waals surface area (Å²) in [6.45, 7) is 3.96. The van der Waals surface area contributed by atoms with Crippen LogP contribution in [0.25, 0.3) is 0 Å². The molecule has 0 aromatic heterocycles. The molecule has 0 aliphatic carbocycles. The first-order chi connectivity index (χ1) is 7.49. The van der Waals surface area contributed by atoms with Gasteiger partial charge >= 0.3 is 5.97 Å².